The van der Waals surface area contributed by atoms with Gasteiger partial charge in [0.05, 0.1) is 23.9 Å². The third kappa shape index (κ3) is 4.77. The van der Waals surface area contributed by atoms with Crippen LogP contribution in [0.1, 0.15) is 54.7 Å². The maximum atomic E-state index is 13.5. The molecule has 0 spiro atoms. The highest BCUT2D eigenvalue weighted by Crippen LogP contribution is 2.41. The molecule has 1 fully saturated rings. The number of aryl methyl sites for hydroxylation is 1. The van der Waals surface area contributed by atoms with Gasteiger partial charge in [0.25, 0.3) is 11.7 Å². The highest BCUT2D eigenvalue weighted by Gasteiger charge is 2.46. The van der Waals surface area contributed by atoms with E-state index >= 15 is 0 Å². The number of aliphatic hydroxyl groups is 1. The number of carbonyl (C=O) groups excluding carboxylic acids is 2. The van der Waals surface area contributed by atoms with Crippen LogP contribution in [0.4, 0.5) is 0 Å². The van der Waals surface area contributed by atoms with Crippen LogP contribution in [-0.4, -0.2) is 42.7 Å². The highest BCUT2D eigenvalue weighted by molar-refractivity contribution is 6.46. The molecule has 0 saturated carbocycles. The van der Waals surface area contributed by atoms with Gasteiger partial charge in [-0.1, -0.05) is 44.0 Å². The second kappa shape index (κ2) is 10.9. The van der Waals surface area contributed by atoms with E-state index in [1.54, 1.807) is 36.0 Å². The third-order valence-electron chi connectivity index (χ3n) is 6.76. The van der Waals surface area contributed by atoms with Crippen molar-refractivity contribution in [3.63, 3.8) is 0 Å². The van der Waals surface area contributed by atoms with Crippen molar-refractivity contribution >= 4 is 23.1 Å². The molecular weight excluding hydrogens is 480 g/mol. The Morgan fingerprint density at radius 1 is 1.05 bits per heavy atom. The van der Waals surface area contributed by atoms with Crippen LogP contribution in [0.5, 0.6) is 5.75 Å². The number of aliphatic hydroxyl groups excluding tert-OH is 1. The Morgan fingerprint density at radius 2 is 1.87 bits per heavy atom. The number of pyridine rings is 2. The lowest BCUT2D eigenvalue weighted by Gasteiger charge is -2.25. The van der Waals surface area contributed by atoms with Crippen molar-refractivity contribution in [2.24, 2.45) is 0 Å². The molecule has 1 saturated heterocycles. The smallest absolute Gasteiger partial charge is 0.295 e. The number of nitrogens with zero attached hydrogens (tertiary/aromatic N) is 4. The highest BCUT2D eigenvalue weighted by atomic mass is 16.5. The second-order valence-electron chi connectivity index (χ2n) is 9.39. The number of carbonyl (C=O) groups is 2. The number of ketones is 1. The number of hydrogen-bond acceptors (Lipinski definition) is 6. The van der Waals surface area contributed by atoms with Gasteiger partial charge in [0.2, 0.25) is 0 Å². The Labute approximate surface area is 221 Å². The fourth-order valence-electron chi connectivity index (χ4n) is 4.89. The number of amides is 1. The second-order valence-corrected chi connectivity index (χ2v) is 9.39. The molecule has 1 unspecified atom stereocenters. The van der Waals surface area contributed by atoms with E-state index in [1.807, 2.05) is 48.5 Å². The molecule has 1 amide bonds. The average Bonchev–Trinajstić information content (AvgIpc) is 3.40. The zero-order chi connectivity index (χ0) is 26.6. The number of aromatic nitrogens is 3. The number of rotatable bonds is 9. The first-order valence-corrected chi connectivity index (χ1v) is 12.8. The van der Waals surface area contributed by atoms with E-state index < -0.39 is 17.7 Å². The lowest BCUT2D eigenvalue weighted by molar-refractivity contribution is -0.140. The van der Waals surface area contributed by atoms with Gasteiger partial charge in [-0.2, -0.15) is 0 Å². The Kier molecular flexibility index (Phi) is 7.22. The van der Waals surface area contributed by atoms with Crippen LogP contribution in [-0.2, 0) is 16.1 Å². The Morgan fingerprint density at radius 3 is 2.61 bits per heavy atom. The van der Waals surface area contributed by atoms with E-state index in [0.717, 1.165) is 24.8 Å². The van der Waals surface area contributed by atoms with Crippen molar-refractivity contribution < 1.29 is 19.4 Å². The standard InChI is InChI=1S/C30H30N4O4/c1-3-4-7-17-38-23-13-11-22(12-14-23)27-25(28(35)26-20(2)32-24-10-5-6-16-33(24)26)29(36)30(37)34(27)19-21-9-8-15-31-18-21/h5-6,8-16,18,27,35H,3-4,7,17,19H2,1-2H3/b28-25+. The van der Waals surface area contributed by atoms with Gasteiger partial charge in [0.1, 0.15) is 17.1 Å². The largest absolute Gasteiger partial charge is 0.505 e. The van der Waals surface area contributed by atoms with Crippen molar-refractivity contribution in [3.05, 3.63) is 101 Å². The van der Waals surface area contributed by atoms with Crippen LogP contribution in [0.2, 0.25) is 0 Å². The van der Waals surface area contributed by atoms with Gasteiger partial charge in [-0.05, 0) is 54.8 Å². The van der Waals surface area contributed by atoms with E-state index in [-0.39, 0.29) is 17.9 Å². The summed E-state index contributed by atoms with van der Waals surface area (Å²) in [6, 6.07) is 15.7. The molecule has 4 aromatic rings. The molecule has 0 aliphatic carbocycles. The number of imidazole rings is 1. The van der Waals surface area contributed by atoms with E-state index in [4.69, 9.17) is 4.74 Å². The fraction of sp³-hybridized carbons (Fsp3) is 0.267. The van der Waals surface area contributed by atoms with Crippen LogP contribution < -0.4 is 4.74 Å². The number of Topliss-reactive ketones (excluding diaryl/α,β-unsaturated/α-hetero) is 1. The molecule has 1 aromatic carbocycles. The first-order valence-electron chi connectivity index (χ1n) is 12.8. The molecule has 0 bridgehead atoms. The molecule has 3 aromatic heterocycles. The van der Waals surface area contributed by atoms with Gasteiger partial charge in [-0.25, -0.2) is 4.98 Å². The predicted molar refractivity (Wildman–Crippen MR) is 143 cm³/mol. The Hall–Kier alpha value is -4.46. The molecule has 5 rings (SSSR count). The van der Waals surface area contributed by atoms with Crippen molar-refractivity contribution in [2.75, 3.05) is 6.61 Å². The summed E-state index contributed by atoms with van der Waals surface area (Å²) < 4.78 is 7.58. The monoisotopic (exact) mass is 510 g/mol. The molecule has 1 atom stereocenters. The molecule has 38 heavy (non-hydrogen) atoms. The summed E-state index contributed by atoms with van der Waals surface area (Å²) in [5.41, 5.74) is 3.09. The predicted octanol–water partition coefficient (Wildman–Crippen LogP) is 5.23. The van der Waals surface area contributed by atoms with Gasteiger partial charge < -0.3 is 14.7 Å². The number of ether oxygens (including phenoxy) is 1. The molecular formula is C30H30N4O4. The quantitative estimate of drug-likeness (QED) is 0.143. The van der Waals surface area contributed by atoms with E-state index in [2.05, 4.69) is 16.9 Å². The lowest BCUT2D eigenvalue weighted by Crippen LogP contribution is -2.29. The molecule has 1 aliphatic rings. The number of likely N-dealkylation sites (tertiary alicyclic amines) is 1. The lowest BCUT2D eigenvalue weighted by atomic mass is 9.96. The normalized spacial score (nSPS) is 16.9. The van der Waals surface area contributed by atoms with Crippen LogP contribution in [0.15, 0.2) is 78.8 Å². The molecule has 8 heteroatoms. The van der Waals surface area contributed by atoms with Gasteiger partial charge in [-0.3, -0.25) is 19.0 Å². The number of benzene rings is 1. The van der Waals surface area contributed by atoms with Gasteiger partial charge >= 0.3 is 0 Å². The van der Waals surface area contributed by atoms with Crippen LogP contribution in [0.25, 0.3) is 11.4 Å². The number of unbranched alkanes of at least 4 members (excludes halogenated alkanes) is 2. The summed E-state index contributed by atoms with van der Waals surface area (Å²) in [6.45, 7) is 4.71. The zero-order valence-corrected chi connectivity index (χ0v) is 21.5. The topological polar surface area (TPSA) is 97.0 Å². The summed E-state index contributed by atoms with van der Waals surface area (Å²) in [7, 11) is 0. The Bertz CT molecular complexity index is 1490. The number of hydrogen-bond donors (Lipinski definition) is 1. The minimum atomic E-state index is -0.794. The van der Waals surface area contributed by atoms with E-state index in [1.165, 1.54) is 4.90 Å². The minimum Gasteiger partial charge on any atom is -0.505 e. The van der Waals surface area contributed by atoms with E-state index in [9.17, 15) is 14.7 Å². The maximum Gasteiger partial charge on any atom is 0.295 e. The molecule has 1 aliphatic heterocycles. The number of fused-ring (bicyclic) bond motifs is 1. The van der Waals surface area contributed by atoms with Gasteiger partial charge in [0, 0.05) is 25.1 Å². The van der Waals surface area contributed by atoms with E-state index in [0.29, 0.717) is 35.0 Å². The molecule has 0 radical (unpaired) electrons. The van der Waals surface area contributed by atoms with Crippen molar-refractivity contribution in [2.45, 2.75) is 45.7 Å². The summed E-state index contributed by atoms with van der Waals surface area (Å²) in [4.78, 5) is 37.0. The molecule has 1 N–H and O–H groups in total. The Balaban J connectivity index is 1.59. The summed E-state index contributed by atoms with van der Waals surface area (Å²) in [5.74, 6) is -0.946. The van der Waals surface area contributed by atoms with Crippen molar-refractivity contribution in [1.29, 1.82) is 0 Å². The maximum absolute atomic E-state index is 13.5. The van der Waals surface area contributed by atoms with Crippen molar-refractivity contribution in [1.82, 2.24) is 19.3 Å². The van der Waals surface area contributed by atoms with Crippen LogP contribution >= 0.6 is 0 Å². The summed E-state index contributed by atoms with van der Waals surface area (Å²) >= 11 is 0. The van der Waals surface area contributed by atoms with Gasteiger partial charge in [0.15, 0.2) is 5.76 Å². The summed E-state index contributed by atoms with van der Waals surface area (Å²) in [6.07, 6.45) is 8.28. The molecule has 8 nitrogen and oxygen atoms in total. The summed E-state index contributed by atoms with van der Waals surface area (Å²) in [5, 5.41) is 11.6. The van der Waals surface area contributed by atoms with Crippen LogP contribution in [0, 0.1) is 6.92 Å². The first kappa shape index (κ1) is 25.2. The SMILES string of the molecule is CCCCCOc1ccc(C2/C(=C(\O)c3c(C)nc4ccccn34)C(=O)C(=O)N2Cc2cccnc2)cc1. The average molecular weight is 511 g/mol. The molecule has 194 valence electrons. The van der Waals surface area contributed by atoms with Crippen molar-refractivity contribution in [3.8, 4) is 5.75 Å². The zero-order valence-electron chi connectivity index (χ0n) is 21.5. The first-order chi connectivity index (χ1) is 18.5. The fourth-order valence-corrected chi connectivity index (χ4v) is 4.89. The van der Waals surface area contributed by atoms with Crippen LogP contribution in [0.3, 0.4) is 0 Å². The minimum absolute atomic E-state index is 0.0317. The third-order valence-corrected chi connectivity index (χ3v) is 6.76. The van der Waals surface area contributed by atoms with Gasteiger partial charge in [-0.15, -0.1) is 0 Å². The molecule has 4 heterocycles.